The highest BCUT2D eigenvalue weighted by Crippen LogP contribution is 2.32. The van der Waals surface area contributed by atoms with Crippen LogP contribution in [0.15, 0.2) is 47.4 Å². The number of hydrogen-bond acceptors (Lipinski definition) is 6. The number of amides is 1. The molecule has 1 saturated heterocycles. The summed E-state index contributed by atoms with van der Waals surface area (Å²) in [6, 6.07) is 11.5. The van der Waals surface area contributed by atoms with Gasteiger partial charge in [-0.05, 0) is 36.2 Å². The average molecular weight is 389 g/mol. The molecule has 142 valence electrons. The second-order valence-electron chi connectivity index (χ2n) is 6.35. The van der Waals surface area contributed by atoms with Crippen LogP contribution in [-0.2, 0) is 21.2 Å². The van der Waals surface area contributed by atoms with Gasteiger partial charge in [0.1, 0.15) is 10.6 Å². The number of anilines is 2. The number of para-hydroxylation sites is 1. The van der Waals surface area contributed by atoms with Gasteiger partial charge in [-0.2, -0.15) is 0 Å². The molecule has 1 heterocycles. The van der Waals surface area contributed by atoms with Crippen molar-refractivity contribution < 1.29 is 18.1 Å². The third-order valence-corrected chi connectivity index (χ3v) is 5.49. The first-order chi connectivity index (χ1) is 12.8. The van der Waals surface area contributed by atoms with Gasteiger partial charge in [0.2, 0.25) is 5.91 Å². The van der Waals surface area contributed by atoms with E-state index in [0.29, 0.717) is 13.0 Å². The van der Waals surface area contributed by atoms with Crippen LogP contribution in [0.2, 0.25) is 0 Å². The standard InChI is InChI=1S/C18H19N3O5S/c1-27(25,26)16-8-3-7-15(18(16)21(23)24)19-12-13-5-2-6-14(11-13)20-10-4-9-17(20)22/h2-3,5-8,11,19H,4,9-10,12H2,1H3. The molecule has 2 aromatic rings. The lowest BCUT2D eigenvalue weighted by Crippen LogP contribution is -2.23. The van der Waals surface area contributed by atoms with E-state index in [1.807, 2.05) is 24.3 Å². The quantitative estimate of drug-likeness (QED) is 0.601. The van der Waals surface area contributed by atoms with E-state index in [-0.39, 0.29) is 23.0 Å². The number of carbonyl (C=O) groups excluding carboxylic acids is 1. The summed E-state index contributed by atoms with van der Waals surface area (Å²) in [6.45, 7) is 0.932. The smallest absolute Gasteiger partial charge is 0.310 e. The molecule has 1 fully saturated rings. The second-order valence-corrected chi connectivity index (χ2v) is 8.34. The molecule has 1 aliphatic heterocycles. The van der Waals surface area contributed by atoms with E-state index >= 15 is 0 Å². The number of nitro benzene ring substituents is 1. The number of benzene rings is 2. The minimum absolute atomic E-state index is 0.0802. The fourth-order valence-corrected chi connectivity index (χ4v) is 3.97. The van der Waals surface area contributed by atoms with Crippen LogP contribution < -0.4 is 10.2 Å². The largest absolute Gasteiger partial charge is 0.375 e. The Morgan fingerprint density at radius 3 is 2.59 bits per heavy atom. The molecule has 0 saturated carbocycles. The molecule has 0 aliphatic carbocycles. The SMILES string of the molecule is CS(=O)(=O)c1cccc(NCc2cccc(N3CCCC3=O)c2)c1[N+](=O)[O-]. The molecule has 0 atom stereocenters. The molecule has 9 heteroatoms. The lowest BCUT2D eigenvalue weighted by atomic mass is 10.1. The molecule has 27 heavy (non-hydrogen) atoms. The molecule has 1 amide bonds. The number of nitro groups is 1. The molecule has 0 spiro atoms. The molecule has 3 rings (SSSR count). The first kappa shape index (κ1) is 18.8. The second kappa shape index (κ2) is 7.36. The minimum Gasteiger partial charge on any atom is -0.375 e. The van der Waals surface area contributed by atoms with Gasteiger partial charge in [0, 0.05) is 31.5 Å². The number of hydrogen-bond donors (Lipinski definition) is 1. The van der Waals surface area contributed by atoms with Gasteiger partial charge < -0.3 is 10.2 Å². The lowest BCUT2D eigenvalue weighted by Gasteiger charge is -2.17. The highest BCUT2D eigenvalue weighted by atomic mass is 32.2. The van der Waals surface area contributed by atoms with E-state index in [2.05, 4.69) is 5.32 Å². The van der Waals surface area contributed by atoms with Crippen molar-refractivity contribution in [2.45, 2.75) is 24.3 Å². The Labute approximate surface area is 156 Å². The Morgan fingerprint density at radius 1 is 1.22 bits per heavy atom. The van der Waals surface area contributed by atoms with E-state index < -0.39 is 20.4 Å². The molecule has 2 aromatic carbocycles. The van der Waals surface area contributed by atoms with E-state index in [1.54, 1.807) is 4.90 Å². The zero-order valence-corrected chi connectivity index (χ0v) is 15.5. The van der Waals surface area contributed by atoms with Crippen LogP contribution in [0.1, 0.15) is 18.4 Å². The molecule has 1 aliphatic rings. The maximum absolute atomic E-state index is 11.9. The Morgan fingerprint density at radius 2 is 1.96 bits per heavy atom. The van der Waals surface area contributed by atoms with Gasteiger partial charge in [-0.3, -0.25) is 14.9 Å². The van der Waals surface area contributed by atoms with E-state index in [9.17, 15) is 23.3 Å². The minimum atomic E-state index is -3.73. The Hall–Kier alpha value is -2.94. The van der Waals surface area contributed by atoms with Gasteiger partial charge >= 0.3 is 5.69 Å². The summed E-state index contributed by atoms with van der Waals surface area (Å²) in [5.74, 6) is 0.0802. The summed E-state index contributed by atoms with van der Waals surface area (Å²) < 4.78 is 23.7. The monoisotopic (exact) mass is 389 g/mol. The normalized spacial score (nSPS) is 14.4. The summed E-state index contributed by atoms with van der Waals surface area (Å²) in [4.78, 5) is 24.0. The van der Waals surface area contributed by atoms with Crippen LogP contribution in [0.4, 0.5) is 17.1 Å². The van der Waals surface area contributed by atoms with Crippen molar-refractivity contribution in [3.63, 3.8) is 0 Å². The number of sulfone groups is 1. The fraction of sp³-hybridized carbons (Fsp3) is 0.278. The van der Waals surface area contributed by atoms with Gasteiger partial charge in [0.25, 0.3) is 0 Å². The number of nitrogens with zero attached hydrogens (tertiary/aromatic N) is 2. The average Bonchev–Trinajstić information content (AvgIpc) is 3.05. The summed E-state index contributed by atoms with van der Waals surface area (Å²) in [6.07, 6.45) is 2.30. The topological polar surface area (TPSA) is 110 Å². The van der Waals surface area contributed by atoms with Crippen LogP contribution in [0, 0.1) is 10.1 Å². The predicted molar refractivity (Wildman–Crippen MR) is 102 cm³/mol. The summed E-state index contributed by atoms with van der Waals surface area (Å²) >= 11 is 0. The lowest BCUT2D eigenvalue weighted by molar-refractivity contribution is -0.386. The van der Waals surface area contributed by atoms with Crippen molar-refractivity contribution in [2.75, 3.05) is 23.0 Å². The Bertz CT molecular complexity index is 1000. The Balaban J connectivity index is 1.85. The number of nitrogens with one attached hydrogen (secondary N) is 1. The molecule has 1 N–H and O–H groups in total. The van der Waals surface area contributed by atoms with Gasteiger partial charge in [-0.1, -0.05) is 18.2 Å². The number of carbonyl (C=O) groups is 1. The van der Waals surface area contributed by atoms with Crippen molar-refractivity contribution in [3.8, 4) is 0 Å². The molecule has 0 bridgehead atoms. The van der Waals surface area contributed by atoms with Gasteiger partial charge in [0.05, 0.1) is 4.92 Å². The van der Waals surface area contributed by atoms with Gasteiger partial charge in [0.15, 0.2) is 9.84 Å². The van der Waals surface area contributed by atoms with Crippen LogP contribution >= 0.6 is 0 Å². The van der Waals surface area contributed by atoms with Crippen LogP contribution in [0.3, 0.4) is 0 Å². The van der Waals surface area contributed by atoms with Crippen molar-refractivity contribution >= 4 is 32.8 Å². The van der Waals surface area contributed by atoms with E-state index in [0.717, 1.165) is 23.9 Å². The Kier molecular flexibility index (Phi) is 5.13. The van der Waals surface area contributed by atoms with Crippen LogP contribution in [0.25, 0.3) is 0 Å². The molecular formula is C18H19N3O5S. The maximum atomic E-state index is 11.9. The zero-order valence-electron chi connectivity index (χ0n) is 14.7. The fourth-order valence-electron chi connectivity index (χ4n) is 3.11. The third-order valence-electron chi connectivity index (χ3n) is 4.36. The van der Waals surface area contributed by atoms with E-state index in [1.165, 1.54) is 18.2 Å². The third kappa shape index (κ3) is 4.08. The van der Waals surface area contributed by atoms with Crippen molar-refractivity contribution in [1.82, 2.24) is 0 Å². The summed E-state index contributed by atoms with van der Waals surface area (Å²) in [7, 11) is -3.73. The zero-order chi connectivity index (χ0) is 19.6. The van der Waals surface area contributed by atoms with Gasteiger partial charge in [-0.25, -0.2) is 8.42 Å². The van der Waals surface area contributed by atoms with Crippen molar-refractivity contribution in [1.29, 1.82) is 0 Å². The highest BCUT2D eigenvalue weighted by Gasteiger charge is 2.26. The van der Waals surface area contributed by atoms with Crippen LogP contribution in [-0.4, -0.2) is 32.0 Å². The maximum Gasteiger partial charge on any atom is 0.310 e. The van der Waals surface area contributed by atoms with Crippen LogP contribution in [0.5, 0.6) is 0 Å². The summed E-state index contributed by atoms with van der Waals surface area (Å²) in [5.41, 5.74) is 1.28. The summed E-state index contributed by atoms with van der Waals surface area (Å²) in [5, 5.41) is 14.4. The molecule has 0 unspecified atom stereocenters. The van der Waals surface area contributed by atoms with Crippen molar-refractivity contribution in [2.24, 2.45) is 0 Å². The predicted octanol–water partition coefficient (Wildman–Crippen LogP) is 2.74. The molecule has 8 nitrogen and oxygen atoms in total. The first-order valence-electron chi connectivity index (χ1n) is 8.38. The van der Waals surface area contributed by atoms with Gasteiger partial charge in [-0.15, -0.1) is 0 Å². The highest BCUT2D eigenvalue weighted by molar-refractivity contribution is 7.90. The molecular weight excluding hydrogens is 370 g/mol. The van der Waals surface area contributed by atoms with E-state index in [4.69, 9.17) is 0 Å². The number of rotatable bonds is 6. The molecule has 0 radical (unpaired) electrons. The first-order valence-corrected chi connectivity index (χ1v) is 10.3. The molecule has 0 aromatic heterocycles. The van der Waals surface area contributed by atoms with Crippen molar-refractivity contribution in [3.05, 3.63) is 58.1 Å².